The quantitative estimate of drug-likeness (QED) is 0.0985. The lowest BCUT2D eigenvalue weighted by atomic mass is 10.1. The molecule has 0 fully saturated rings. The maximum absolute atomic E-state index is 10.3. The molecule has 0 atom stereocenters. The minimum Gasteiger partial charge on any atom is -0.481 e. The third-order valence-electron chi connectivity index (χ3n) is 4.81. The fourth-order valence-corrected chi connectivity index (χ4v) is 3.11. The molecule has 34 heavy (non-hydrogen) atoms. The van der Waals surface area contributed by atoms with Gasteiger partial charge in [0.25, 0.3) is 0 Å². The van der Waals surface area contributed by atoms with Crippen molar-refractivity contribution < 1.29 is 27.4 Å². The van der Waals surface area contributed by atoms with Crippen molar-refractivity contribution >= 4 is 22.1 Å². The van der Waals surface area contributed by atoms with Crippen molar-refractivity contribution in [3.63, 3.8) is 0 Å². The standard InChI is InChI=1S/C18H34O2.C8H11N.H2O4S/c1-2-3-4-5-6-7-8-9-10-11-12-13-14-15-16-17-18(19)20;1-2-9-8-6-4-3-5-7-8;1-5(2,3)4/h9-10H,2-8,11-17H2,1H3,(H,19,20);3-7,9H,2H2,1H3;(H2,1,2,3,4). The van der Waals surface area contributed by atoms with Crippen molar-refractivity contribution in [2.75, 3.05) is 11.9 Å². The highest BCUT2D eigenvalue weighted by Gasteiger charge is 1.95. The topological polar surface area (TPSA) is 124 Å². The van der Waals surface area contributed by atoms with Crippen LogP contribution in [0.15, 0.2) is 42.5 Å². The number of carboxylic acid groups (broad SMARTS) is 1. The van der Waals surface area contributed by atoms with Gasteiger partial charge in [-0.3, -0.25) is 13.9 Å². The van der Waals surface area contributed by atoms with E-state index in [4.69, 9.17) is 22.6 Å². The van der Waals surface area contributed by atoms with E-state index in [1.165, 1.54) is 76.3 Å². The molecule has 0 spiro atoms. The van der Waals surface area contributed by atoms with E-state index in [9.17, 15) is 4.79 Å². The molecule has 7 nitrogen and oxygen atoms in total. The number of unbranched alkanes of at least 4 members (excludes halogenated alkanes) is 11. The summed E-state index contributed by atoms with van der Waals surface area (Å²) in [4.78, 5) is 10.3. The van der Waals surface area contributed by atoms with Crippen molar-refractivity contribution in [2.45, 2.75) is 104 Å². The first-order valence-corrected chi connectivity index (χ1v) is 14.0. The number of hydrogen-bond donors (Lipinski definition) is 4. The second kappa shape index (κ2) is 25.7. The van der Waals surface area contributed by atoms with Crippen LogP contribution in [-0.4, -0.2) is 35.1 Å². The Hall–Kier alpha value is -1.90. The average Bonchev–Trinajstić information content (AvgIpc) is 2.76. The van der Waals surface area contributed by atoms with E-state index >= 15 is 0 Å². The van der Waals surface area contributed by atoms with Crippen LogP contribution in [0, 0.1) is 0 Å². The van der Waals surface area contributed by atoms with Crippen LogP contribution in [0.4, 0.5) is 5.69 Å². The zero-order valence-corrected chi connectivity index (χ0v) is 21.9. The molecule has 8 heteroatoms. The number of allylic oxidation sites excluding steroid dienone is 2. The van der Waals surface area contributed by atoms with Gasteiger partial charge in [-0.25, -0.2) is 0 Å². The van der Waals surface area contributed by atoms with E-state index in [2.05, 4.69) is 43.4 Å². The molecule has 0 saturated carbocycles. The Morgan fingerprint density at radius 3 is 1.68 bits per heavy atom. The second-order valence-corrected chi connectivity index (χ2v) is 8.97. The van der Waals surface area contributed by atoms with Crippen LogP contribution in [0.5, 0.6) is 0 Å². The van der Waals surface area contributed by atoms with Gasteiger partial charge in [0, 0.05) is 18.7 Å². The van der Waals surface area contributed by atoms with E-state index < -0.39 is 16.4 Å². The monoisotopic (exact) mass is 501 g/mol. The van der Waals surface area contributed by atoms with Crippen LogP contribution < -0.4 is 5.32 Å². The highest BCUT2D eigenvalue weighted by Crippen LogP contribution is 2.09. The normalized spacial score (nSPS) is 10.7. The van der Waals surface area contributed by atoms with E-state index in [1.807, 2.05) is 18.2 Å². The van der Waals surface area contributed by atoms with Gasteiger partial charge in [-0.2, -0.15) is 8.42 Å². The molecule has 0 aromatic heterocycles. The van der Waals surface area contributed by atoms with Crippen molar-refractivity contribution in [1.82, 2.24) is 0 Å². The third-order valence-corrected chi connectivity index (χ3v) is 4.81. The van der Waals surface area contributed by atoms with Crippen molar-refractivity contribution in [2.24, 2.45) is 0 Å². The average molecular weight is 502 g/mol. The Morgan fingerprint density at radius 1 is 0.794 bits per heavy atom. The summed E-state index contributed by atoms with van der Waals surface area (Å²) in [6.45, 7) is 5.34. The Kier molecular flexibility index (Phi) is 25.9. The predicted octanol–water partition coefficient (Wildman–Crippen LogP) is 7.57. The maximum atomic E-state index is 10.3. The largest absolute Gasteiger partial charge is 0.481 e. The Labute approximate surface area is 207 Å². The summed E-state index contributed by atoms with van der Waals surface area (Å²) < 4.78 is 31.6. The highest BCUT2D eigenvalue weighted by molar-refractivity contribution is 7.79. The predicted molar refractivity (Wildman–Crippen MR) is 142 cm³/mol. The van der Waals surface area contributed by atoms with E-state index in [0.717, 1.165) is 19.4 Å². The summed E-state index contributed by atoms with van der Waals surface area (Å²) in [5.74, 6) is -0.664. The Balaban J connectivity index is 0. The molecule has 0 bridgehead atoms. The summed E-state index contributed by atoms with van der Waals surface area (Å²) in [5.41, 5.74) is 1.19. The summed E-state index contributed by atoms with van der Waals surface area (Å²) in [6.07, 6.45) is 21.2. The molecule has 0 aliphatic heterocycles. The molecular formula is C26H47NO6S. The third kappa shape index (κ3) is 37.4. The zero-order chi connectivity index (χ0) is 25.9. The van der Waals surface area contributed by atoms with Crippen molar-refractivity contribution in [3.05, 3.63) is 42.5 Å². The number of carboxylic acids is 1. The van der Waals surface area contributed by atoms with Gasteiger partial charge in [0.05, 0.1) is 0 Å². The SMILES string of the molecule is CCCCCCCCC=CCCCCCCCC(=O)O.CCNc1ccccc1.O=S(=O)(O)O. The zero-order valence-electron chi connectivity index (χ0n) is 21.1. The van der Waals surface area contributed by atoms with Crippen LogP contribution in [0.3, 0.4) is 0 Å². The first-order valence-electron chi connectivity index (χ1n) is 12.6. The number of rotatable bonds is 17. The number of anilines is 1. The van der Waals surface area contributed by atoms with Crippen LogP contribution >= 0.6 is 0 Å². The number of hydrogen-bond acceptors (Lipinski definition) is 4. The van der Waals surface area contributed by atoms with Gasteiger partial charge in [0.2, 0.25) is 0 Å². The minimum atomic E-state index is -4.67. The van der Waals surface area contributed by atoms with Crippen LogP contribution in [-0.2, 0) is 15.2 Å². The number of para-hydroxylation sites is 1. The fraction of sp³-hybridized carbons (Fsp3) is 0.654. The van der Waals surface area contributed by atoms with Crippen molar-refractivity contribution in [1.29, 1.82) is 0 Å². The number of benzene rings is 1. The van der Waals surface area contributed by atoms with Gasteiger partial charge in [-0.05, 0) is 51.2 Å². The lowest BCUT2D eigenvalue weighted by Crippen LogP contribution is -1.94. The maximum Gasteiger partial charge on any atom is 0.394 e. The lowest BCUT2D eigenvalue weighted by Gasteiger charge is -1.99. The molecule has 0 heterocycles. The van der Waals surface area contributed by atoms with Gasteiger partial charge in [-0.1, -0.05) is 88.6 Å². The number of aliphatic carboxylic acids is 1. The molecular weight excluding hydrogens is 454 g/mol. The van der Waals surface area contributed by atoms with Gasteiger partial charge >= 0.3 is 16.4 Å². The Bertz CT molecular complexity index is 685. The van der Waals surface area contributed by atoms with Gasteiger partial charge in [0.1, 0.15) is 0 Å². The van der Waals surface area contributed by atoms with E-state index in [0.29, 0.717) is 6.42 Å². The van der Waals surface area contributed by atoms with Crippen LogP contribution in [0.1, 0.15) is 104 Å². The molecule has 1 rings (SSSR count). The molecule has 1 aromatic carbocycles. The lowest BCUT2D eigenvalue weighted by molar-refractivity contribution is -0.137. The summed E-state index contributed by atoms with van der Waals surface area (Å²) in [7, 11) is -4.67. The smallest absolute Gasteiger partial charge is 0.394 e. The highest BCUT2D eigenvalue weighted by atomic mass is 32.3. The first kappa shape index (κ1) is 34.3. The van der Waals surface area contributed by atoms with E-state index in [1.54, 1.807) is 0 Å². The van der Waals surface area contributed by atoms with Gasteiger partial charge in [0.15, 0.2) is 0 Å². The summed E-state index contributed by atoms with van der Waals surface area (Å²) >= 11 is 0. The Morgan fingerprint density at radius 2 is 1.24 bits per heavy atom. The summed E-state index contributed by atoms with van der Waals surface area (Å²) in [5, 5.41) is 11.7. The molecule has 0 unspecified atom stereocenters. The molecule has 0 amide bonds. The first-order chi connectivity index (χ1) is 16.2. The van der Waals surface area contributed by atoms with Gasteiger partial charge < -0.3 is 10.4 Å². The van der Waals surface area contributed by atoms with Crippen LogP contribution in [0.25, 0.3) is 0 Å². The molecule has 198 valence electrons. The molecule has 0 radical (unpaired) electrons. The number of carbonyl (C=O) groups is 1. The molecule has 0 saturated heterocycles. The van der Waals surface area contributed by atoms with Crippen molar-refractivity contribution in [3.8, 4) is 0 Å². The molecule has 1 aromatic rings. The van der Waals surface area contributed by atoms with Gasteiger partial charge in [-0.15, -0.1) is 0 Å². The molecule has 0 aliphatic rings. The summed E-state index contributed by atoms with van der Waals surface area (Å²) in [6, 6.07) is 10.2. The number of nitrogens with one attached hydrogen (secondary N) is 1. The fourth-order valence-electron chi connectivity index (χ4n) is 3.11. The molecule has 4 N–H and O–H groups in total. The van der Waals surface area contributed by atoms with E-state index in [-0.39, 0.29) is 0 Å². The second-order valence-electron chi connectivity index (χ2n) is 8.07. The van der Waals surface area contributed by atoms with Crippen LogP contribution in [0.2, 0.25) is 0 Å². The molecule has 0 aliphatic carbocycles. The minimum absolute atomic E-state index is 0.332.